The van der Waals surface area contributed by atoms with Gasteiger partial charge in [0.2, 0.25) is 5.88 Å². The molecule has 0 aromatic carbocycles. The maximum atomic E-state index is 5.96. The lowest BCUT2D eigenvalue weighted by atomic mass is 10.1. The van der Waals surface area contributed by atoms with Gasteiger partial charge in [-0.25, -0.2) is 4.98 Å². The zero-order valence-corrected chi connectivity index (χ0v) is 11.1. The third-order valence-electron chi connectivity index (χ3n) is 2.44. The first-order chi connectivity index (χ1) is 7.54. The van der Waals surface area contributed by atoms with Crippen LogP contribution in [0.25, 0.3) is 0 Å². The highest BCUT2D eigenvalue weighted by atomic mass is 35.5. The molecule has 0 amide bonds. The maximum absolute atomic E-state index is 5.96. The Labute approximate surface area is 102 Å². The summed E-state index contributed by atoms with van der Waals surface area (Å²) < 4.78 is 5.68. The Morgan fingerprint density at radius 1 is 1.31 bits per heavy atom. The average Bonchev–Trinajstić information content (AvgIpc) is 2.21. The number of halogens is 1. The summed E-state index contributed by atoms with van der Waals surface area (Å²) in [4.78, 5) is 8.32. The number of hydrogen-bond acceptors (Lipinski definition) is 3. The Bertz CT molecular complexity index is 355. The van der Waals surface area contributed by atoms with Gasteiger partial charge in [0.05, 0.1) is 6.61 Å². The van der Waals surface area contributed by atoms with E-state index < -0.39 is 0 Å². The van der Waals surface area contributed by atoms with E-state index >= 15 is 0 Å². The van der Waals surface area contributed by atoms with Crippen LogP contribution in [0.1, 0.15) is 38.1 Å². The van der Waals surface area contributed by atoms with Crippen LogP contribution >= 0.6 is 11.6 Å². The van der Waals surface area contributed by atoms with Crippen LogP contribution in [0.3, 0.4) is 0 Å². The highest BCUT2D eigenvalue weighted by molar-refractivity contribution is 6.30. The highest BCUT2D eigenvalue weighted by Gasteiger charge is 2.10. The highest BCUT2D eigenvalue weighted by Crippen LogP contribution is 2.22. The standard InChI is InChI=1S/C12H19ClN2O/c1-5-6-8(2)7-16-12-9(3)11(13)14-10(4)15-12/h8H,5-7H2,1-4H3. The van der Waals surface area contributed by atoms with Crippen molar-refractivity contribution in [3.63, 3.8) is 0 Å². The Morgan fingerprint density at radius 2 is 2.00 bits per heavy atom. The summed E-state index contributed by atoms with van der Waals surface area (Å²) >= 11 is 5.96. The molecule has 1 unspecified atom stereocenters. The summed E-state index contributed by atoms with van der Waals surface area (Å²) in [5.41, 5.74) is 0.816. The molecular formula is C12H19ClN2O. The number of ether oxygens (including phenoxy) is 1. The molecule has 0 aliphatic carbocycles. The zero-order valence-electron chi connectivity index (χ0n) is 10.4. The minimum atomic E-state index is 0.477. The second-order valence-electron chi connectivity index (χ2n) is 4.20. The molecule has 1 rings (SSSR count). The van der Waals surface area contributed by atoms with Crippen molar-refractivity contribution in [2.75, 3.05) is 6.61 Å². The van der Waals surface area contributed by atoms with Crippen LogP contribution < -0.4 is 4.74 Å². The molecule has 1 heterocycles. The predicted octanol–water partition coefficient (Wildman–Crippen LogP) is 3.56. The van der Waals surface area contributed by atoms with Crippen LogP contribution in [0, 0.1) is 19.8 Å². The van der Waals surface area contributed by atoms with Crippen LogP contribution in [0.4, 0.5) is 0 Å². The largest absolute Gasteiger partial charge is 0.477 e. The van der Waals surface area contributed by atoms with Crippen molar-refractivity contribution in [1.82, 2.24) is 9.97 Å². The molecule has 0 aliphatic rings. The maximum Gasteiger partial charge on any atom is 0.221 e. The molecule has 0 aliphatic heterocycles. The zero-order chi connectivity index (χ0) is 12.1. The number of nitrogens with zero attached hydrogens (tertiary/aromatic N) is 2. The van der Waals surface area contributed by atoms with E-state index in [1.165, 1.54) is 6.42 Å². The molecule has 3 nitrogen and oxygen atoms in total. The van der Waals surface area contributed by atoms with Crippen molar-refractivity contribution in [3.05, 3.63) is 16.5 Å². The molecule has 90 valence electrons. The number of hydrogen-bond donors (Lipinski definition) is 0. The first-order valence-corrected chi connectivity index (χ1v) is 6.06. The Balaban J connectivity index is 2.66. The topological polar surface area (TPSA) is 35.0 Å². The molecule has 4 heteroatoms. The predicted molar refractivity (Wildman–Crippen MR) is 66.1 cm³/mol. The molecule has 0 radical (unpaired) electrons. The van der Waals surface area contributed by atoms with Gasteiger partial charge in [-0.2, -0.15) is 4.98 Å². The van der Waals surface area contributed by atoms with E-state index in [1.54, 1.807) is 0 Å². The monoisotopic (exact) mass is 242 g/mol. The summed E-state index contributed by atoms with van der Waals surface area (Å²) in [7, 11) is 0. The van der Waals surface area contributed by atoms with Crippen molar-refractivity contribution in [3.8, 4) is 5.88 Å². The van der Waals surface area contributed by atoms with Gasteiger partial charge in [0, 0.05) is 5.56 Å². The van der Waals surface area contributed by atoms with E-state index in [2.05, 4.69) is 23.8 Å². The average molecular weight is 243 g/mol. The minimum Gasteiger partial charge on any atom is -0.477 e. The minimum absolute atomic E-state index is 0.477. The van der Waals surface area contributed by atoms with Crippen LogP contribution in [0.15, 0.2) is 0 Å². The van der Waals surface area contributed by atoms with E-state index in [-0.39, 0.29) is 0 Å². The molecule has 0 spiro atoms. The summed E-state index contributed by atoms with van der Waals surface area (Å²) in [6.07, 6.45) is 2.34. The van der Waals surface area contributed by atoms with Gasteiger partial charge in [0.25, 0.3) is 0 Å². The molecular weight excluding hydrogens is 224 g/mol. The first kappa shape index (κ1) is 13.2. The fourth-order valence-corrected chi connectivity index (χ4v) is 1.71. The first-order valence-electron chi connectivity index (χ1n) is 5.68. The Kier molecular flexibility index (Phi) is 5.00. The van der Waals surface area contributed by atoms with Crippen LogP contribution in [0.2, 0.25) is 5.15 Å². The van der Waals surface area contributed by atoms with Crippen LogP contribution in [-0.4, -0.2) is 16.6 Å². The summed E-state index contributed by atoms with van der Waals surface area (Å²) in [5.74, 6) is 1.80. The number of rotatable bonds is 5. The molecule has 0 saturated heterocycles. The van der Waals surface area contributed by atoms with Gasteiger partial charge in [0.15, 0.2) is 0 Å². The van der Waals surface area contributed by atoms with Gasteiger partial charge >= 0.3 is 0 Å². The Hall–Kier alpha value is -0.830. The van der Waals surface area contributed by atoms with Gasteiger partial charge in [-0.05, 0) is 26.2 Å². The van der Waals surface area contributed by atoms with E-state index in [0.29, 0.717) is 29.4 Å². The van der Waals surface area contributed by atoms with E-state index in [1.807, 2.05) is 13.8 Å². The molecule has 1 aromatic rings. The van der Waals surface area contributed by atoms with Crippen LogP contribution in [-0.2, 0) is 0 Å². The fourth-order valence-electron chi connectivity index (χ4n) is 1.51. The van der Waals surface area contributed by atoms with Crippen LogP contribution in [0.5, 0.6) is 5.88 Å². The lowest BCUT2D eigenvalue weighted by Gasteiger charge is -2.13. The molecule has 0 fully saturated rings. The molecule has 1 atom stereocenters. The van der Waals surface area contributed by atoms with Crippen molar-refractivity contribution >= 4 is 11.6 Å². The van der Waals surface area contributed by atoms with Gasteiger partial charge < -0.3 is 4.74 Å². The van der Waals surface area contributed by atoms with E-state index in [9.17, 15) is 0 Å². The normalized spacial score (nSPS) is 12.6. The lowest BCUT2D eigenvalue weighted by molar-refractivity contribution is 0.240. The third kappa shape index (κ3) is 3.63. The molecule has 0 bridgehead atoms. The summed E-state index contributed by atoms with van der Waals surface area (Å²) in [5, 5.41) is 0.477. The van der Waals surface area contributed by atoms with Gasteiger partial charge in [-0.3, -0.25) is 0 Å². The van der Waals surface area contributed by atoms with Crippen molar-refractivity contribution in [1.29, 1.82) is 0 Å². The molecule has 1 aromatic heterocycles. The third-order valence-corrected chi connectivity index (χ3v) is 2.81. The Morgan fingerprint density at radius 3 is 2.62 bits per heavy atom. The molecule has 0 N–H and O–H groups in total. The van der Waals surface area contributed by atoms with Gasteiger partial charge in [0.1, 0.15) is 11.0 Å². The number of aromatic nitrogens is 2. The van der Waals surface area contributed by atoms with E-state index in [4.69, 9.17) is 16.3 Å². The molecule has 16 heavy (non-hydrogen) atoms. The lowest BCUT2D eigenvalue weighted by Crippen LogP contribution is -2.10. The quantitative estimate of drug-likeness (QED) is 0.741. The van der Waals surface area contributed by atoms with Gasteiger partial charge in [-0.15, -0.1) is 0 Å². The van der Waals surface area contributed by atoms with Crippen molar-refractivity contribution in [2.24, 2.45) is 5.92 Å². The summed E-state index contributed by atoms with van der Waals surface area (Å²) in [6, 6.07) is 0. The summed E-state index contributed by atoms with van der Waals surface area (Å²) in [6.45, 7) is 8.72. The second kappa shape index (κ2) is 6.04. The molecule has 0 saturated carbocycles. The SMILES string of the molecule is CCCC(C)COc1nc(C)nc(Cl)c1C. The van der Waals surface area contributed by atoms with Gasteiger partial charge in [-0.1, -0.05) is 31.9 Å². The smallest absolute Gasteiger partial charge is 0.221 e. The van der Waals surface area contributed by atoms with Crippen molar-refractivity contribution < 1.29 is 4.74 Å². The fraction of sp³-hybridized carbons (Fsp3) is 0.667. The number of aryl methyl sites for hydroxylation is 1. The second-order valence-corrected chi connectivity index (χ2v) is 4.55. The van der Waals surface area contributed by atoms with Crippen molar-refractivity contribution in [2.45, 2.75) is 40.5 Å². The van der Waals surface area contributed by atoms with E-state index in [0.717, 1.165) is 12.0 Å².